The Kier molecular flexibility index (Phi) is 3.78. The van der Waals surface area contributed by atoms with Crippen LogP contribution in [0.25, 0.3) is 0 Å². The fraction of sp³-hybridized carbons (Fsp3) is 1.00. The number of rotatable bonds is 6. The quantitative estimate of drug-likeness (QED) is 0.667. The van der Waals surface area contributed by atoms with Gasteiger partial charge in [-0.25, -0.2) is 0 Å². The Bertz CT molecular complexity index is 147. The summed E-state index contributed by atoms with van der Waals surface area (Å²) in [6.07, 6.45) is 5.46. The van der Waals surface area contributed by atoms with Crippen LogP contribution < -0.4 is 5.32 Å². The van der Waals surface area contributed by atoms with Gasteiger partial charge in [0.05, 0.1) is 0 Å². The van der Waals surface area contributed by atoms with Crippen molar-refractivity contribution < 1.29 is 0 Å². The molecule has 0 heterocycles. The van der Waals surface area contributed by atoms with Gasteiger partial charge < -0.3 is 5.32 Å². The number of hydrogen-bond acceptors (Lipinski definition) is 1. The van der Waals surface area contributed by atoms with Gasteiger partial charge >= 0.3 is 0 Å². The molecule has 0 aromatic carbocycles. The lowest BCUT2D eigenvalue weighted by Gasteiger charge is -2.26. The fourth-order valence-corrected chi connectivity index (χ4v) is 1.95. The van der Waals surface area contributed by atoms with E-state index >= 15 is 0 Å². The van der Waals surface area contributed by atoms with E-state index in [0.29, 0.717) is 5.41 Å². The number of nitrogens with one attached hydrogen (secondary N) is 1. The van der Waals surface area contributed by atoms with E-state index in [1.807, 2.05) is 0 Å². The van der Waals surface area contributed by atoms with E-state index < -0.39 is 0 Å². The van der Waals surface area contributed by atoms with Crippen molar-refractivity contribution in [3.63, 3.8) is 0 Å². The Morgan fingerprint density at radius 3 is 2.31 bits per heavy atom. The second-order valence-corrected chi connectivity index (χ2v) is 5.29. The molecule has 0 amide bonds. The third-order valence-electron chi connectivity index (χ3n) is 3.23. The Hall–Kier alpha value is -0.0400. The monoisotopic (exact) mass is 183 g/mol. The van der Waals surface area contributed by atoms with E-state index in [-0.39, 0.29) is 0 Å². The third-order valence-corrected chi connectivity index (χ3v) is 3.23. The molecule has 1 fully saturated rings. The summed E-state index contributed by atoms with van der Waals surface area (Å²) >= 11 is 0. The smallest absolute Gasteiger partial charge is 0.0123 e. The minimum absolute atomic E-state index is 0.638. The largest absolute Gasteiger partial charge is 0.313 e. The highest BCUT2D eigenvalue weighted by atomic mass is 14.9. The van der Waals surface area contributed by atoms with Gasteiger partial charge in [-0.3, -0.25) is 0 Å². The van der Waals surface area contributed by atoms with E-state index in [4.69, 9.17) is 0 Å². The predicted octanol–water partition coefficient (Wildman–Crippen LogP) is 3.20. The molecule has 0 aromatic rings. The average Bonchev–Trinajstić information content (AvgIpc) is 2.78. The normalized spacial score (nSPS) is 21.9. The van der Waals surface area contributed by atoms with Gasteiger partial charge in [-0.05, 0) is 43.6 Å². The van der Waals surface area contributed by atoms with Crippen molar-refractivity contribution >= 4 is 0 Å². The zero-order chi connectivity index (χ0) is 9.90. The van der Waals surface area contributed by atoms with Gasteiger partial charge in [-0.1, -0.05) is 27.7 Å². The van der Waals surface area contributed by atoms with Crippen molar-refractivity contribution in [1.29, 1.82) is 0 Å². The molecule has 1 aliphatic rings. The molecule has 1 heteroatoms. The van der Waals surface area contributed by atoms with Gasteiger partial charge in [0, 0.05) is 6.04 Å². The minimum atomic E-state index is 0.638. The molecule has 1 unspecified atom stereocenters. The zero-order valence-electron chi connectivity index (χ0n) is 9.69. The molecule has 78 valence electrons. The lowest BCUT2D eigenvalue weighted by molar-refractivity contribution is 0.305. The zero-order valence-corrected chi connectivity index (χ0v) is 9.69. The summed E-state index contributed by atoms with van der Waals surface area (Å²) in [6.45, 7) is 10.5. The Labute approximate surface area is 83.3 Å². The van der Waals surface area contributed by atoms with Crippen molar-refractivity contribution in [3.05, 3.63) is 0 Å². The molecule has 1 aliphatic carbocycles. The van der Waals surface area contributed by atoms with Crippen LogP contribution in [0.4, 0.5) is 0 Å². The van der Waals surface area contributed by atoms with Crippen LogP contribution in [0.15, 0.2) is 0 Å². The second-order valence-electron chi connectivity index (χ2n) is 5.29. The van der Waals surface area contributed by atoms with Gasteiger partial charge in [0.15, 0.2) is 0 Å². The summed E-state index contributed by atoms with van der Waals surface area (Å²) < 4.78 is 0. The topological polar surface area (TPSA) is 12.0 Å². The highest BCUT2D eigenvalue weighted by Crippen LogP contribution is 2.49. The van der Waals surface area contributed by atoms with Gasteiger partial charge in [-0.2, -0.15) is 0 Å². The van der Waals surface area contributed by atoms with Crippen LogP contribution >= 0.6 is 0 Å². The highest BCUT2D eigenvalue weighted by Gasteiger charge is 2.44. The summed E-state index contributed by atoms with van der Waals surface area (Å²) in [5, 5.41) is 3.70. The maximum Gasteiger partial charge on any atom is 0.0123 e. The molecule has 13 heavy (non-hydrogen) atoms. The van der Waals surface area contributed by atoms with E-state index in [9.17, 15) is 0 Å². The maximum absolute atomic E-state index is 3.70. The minimum Gasteiger partial charge on any atom is -0.313 e. The summed E-state index contributed by atoms with van der Waals surface area (Å²) in [4.78, 5) is 0. The van der Waals surface area contributed by atoms with Crippen molar-refractivity contribution in [1.82, 2.24) is 5.32 Å². The Morgan fingerprint density at radius 2 is 1.92 bits per heavy atom. The van der Waals surface area contributed by atoms with Crippen molar-refractivity contribution in [2.45, 2.75) is 59.4 Å². The van der Waals surface area contributed by atoms with E-state index in [1.165, 1.54) is 32.2 Å². The van der Waals surface area contributed by atoms with Crippen molar-refractivity contribution in [3.8, 4) is 0 Å². The molecular weight excluding hydrogens is 158 g/mol. The molecule has 0 aromatic heterocycles. The molecular formula is C12H25N. The molecule has 0 aliphatic heterocycles. The summed E-state index contributed by atoms with van der Waals surface area (Å²) in [5.74, 6) is 0.826. The third kappa shape index (κ3) is 3.30. The molecule has 1 atom stereocenters. The van der Waals surface area contributed by atoms with Crippen LogP contribution in [0.2, 0.25) is 0 Å². The average molecular weight is 183 g/mol. The molecule has 1 saturated carbocycles. The van der Waals surface area contributed by atoms with Crippen LogP contribution in [0.3, 0.4) is 0 Å². The molecule has 0 saturated heterocycles. The molecule has 1 rings (SSSR count). The van der Waals surface area contributed by atoms with Gasteiger partial charge in [0.1, 0.15) is 0 Å². The SMILES string of the molecule is CCCNC(CC(C)C)C1(C)CC1. The first-order chi connectivity index (χ1) is 6.08. The van der Waals surface area contributed by atoms with E-state index in [0.717, 1.165) is 12.0 Å². The maximum atomic E-state index is 3.70. The highest BCUT2D eigenvalue weighted by molar-refractivity contribution is 4.98. The lowest BCUT2D eigenvalue weighted by Crippen LogP contribution is -2.37. The predicted molar refractivity (Wildman–Crippen MR) is 58.9 cm³/mol. The van der Waals surface area contributed by atoms with Gasteiger partial charge in [0.25, 0.3) is 0 Å². The standard InChI is InChI=1S/C12H25N/c1-5-8-13-11(9-10(2)3)12(4)6-7-12/h10-11,13H,5-9H2,1-4H3. The molecule has 0 bridgehead atoms. The van der Waals surface area contributed by atoms with Crippen LogP contribution in [0.5, 0.6) is 0 Å². The molecule has 0 spiro atoms. The Balaban J connectivity index is 2.35. The van der Waals surface area contributed by atoms with Crippen molar-refractivity contribution in [2.24, 2.45) is 11.3 Å². The first-order valence-electron chi connectivity index (χ1n) is 5.82. The van der Waals surface area contributed by atoms with E-state index in [2.05, 4.69) is 33.0 Å². The van der Waals surface area contributed by atoms with Crippen molar-refractivity contribution in [2.75, 3.05) is 6.54 Å². The first kappa shape index (κ1) is 11.0. The fourth-order valence-electron chi connectivity index (χ4n) is 1.95. The molecule has 1 N–H and O–H groups in total. The van der Waals surface area contributed by atoms with Gasteiger partial charge in [0.2, 0.25) is 0 Å². The van der Waals surface area contributed by atoms with Gasteiger partial charge in [-0.15, -0.1) is 0 Å². The van der Waals surface area contributed by atoms with Crippen LogP contribution in [0.1, 0.15) is 53.4 Å². The first-order valence-corrected chi connectivity index (χ1v) is 5.82. The number of hydrogen-bond donors (Lipinski definition) is 1. The Morgan fingerprint density at radius 1 is 1.31 bits per heavy atom. The van der Waals surface area contributed by atoms with E-state index in [1.54, 1.807) is 0 Å². The lowest BCUT2D eigenvalue weighted by atomic mass is 9.91. The van der Waals surface area contributed by atoms with Crippen LogP contribution in [-0.4, -0.2) is 12.6 Å². The second kappa shape index (κ2) is 4.45. The summed E-state index contributed by atoms with van der Waals surface area (Å²) in [6, 6.07) is 0.771. The van der Waals surface area contributed by atoms with Crippen LogP contribution in [-0.2, 0) is 0 Å². The summed E-state index contributed by atoms with van der Waals surface area (Å²) in [5.41, 5.74) is 0.638. The van der Waals surface area contributed by atoms with Crippen LogP contribution in [0, 0.1) is 11.3 Å². The summed E-state index contributed by atoms with van der Waals surface area (Å²) in [7, 11) is 0. The molecule has 0 radical (unpaired) electrons. The molecule has 1 nitrogen and oxygen atoms in total.